The summed E-state index contributed by atoms with van der Waals surface area (Å²) in [6, 6.07) is 0. The Hall–Kier alpha value is -0.725. The molecular weight excluding hydrogens is 98.9 g/mol. The minimum absolute atomic E-state index is 0.564. The summed E-state index contributed by atoms with van der Waals surface area (Å²) in [5.74, 6) is 0. The molecule has 0 fully saturated rings. The van der Waals surface area contributed by atoms with Crippen LogP contribution in [0.3, 0.4) is 0 Å². The molecule has 0 atom stereocenters. The molecule has 1 heterocycles. The van der Waals surface area contributed by atoms with Gasteiger partial charge in [-0.1, -0.05) is 5.57 Å². The van der Waals surface area contributed by atoms with Crippen molar-refractivity contribution in [2.45, 2.75) is 6.92 Å². The smallest absolute Gasteiger partial charge is 0.144 e. The van der Waals surface area contributed by atoms with Gasteiger partial charge in [0.15, 0.2) is 0 Å². The second-order valence-electron chi connectivity index (χ2n) is 1.86. The van der Waals surface area contributed by atoms with Crippen LogP contribution in [0.15, 0.2) is 16.8 Å². The molecule has 1 N–H and O–H groups in total. The fourth-order valence-electron chi connectivity index (χ4n) is 0.591. The average Bonchev–Trinajstić information content (AvgIpc) is 1.64. The molecule has 2 radical (unpaired) electrons. The molecule has 1 rings (SSSR count). The van der Waals surface area contributed by atoms with Gasteiger partial charge in [-0.25, -0.2) is 0 Å². The van der Waals surface area contributed by atoms with Crippen LogP contribution in [0.1, 0.15) is 6.92 Å². The van der Waals surface area contributed by atoms with Crippen LogP contribution in [-0.4, -0.2) is 20.0 Å². The number of allylic oxidation sites excluding steroid dienone is 1. The third kappa shape index (κ3) is 1.12. The SMILES string of the molecule is [B]C1=NNCC(C)=C1. The molecule has 0 spiro atoms. The molecule has 0 bridgehead atoms. The third-order valence-corrected chi connectivity index (χ3v) is 0.960. The van der Waals surface area contributed by atoms with Crippen molar-refractivity contribution in [1.82, 2.24) is 5.43 Å². The molecule has 2 nitrogen and oxygen atoms in total. The Balaban J connectivity index is 2.69. The highest BCUT2D eigenvalue weighted by molar-refractivity contribution is 6.63. The first-order valence-corrected chi connectivity index (χ1v) is 2.52. The van der Waals surface area contributed by atoms with Gasteiger partial charge in [0, 0.05) is 5.61 Å². The zero-order chi connectivity index (χ0) is 5.98. The Morgan fingerprint density at radius 3 is 3.00 bits per heavy atom. The minimum Gasteiger partial charge on any atom is -0.307 e. The van der Waals surface area contributed by atoms with Gasteiger partial charge < -0.3 is 5.43 Å². The van der Waals surface area contributed by atoms with Gasteiger partial charge in [-0.3, -0.25) is 0 Å². The van der Waals surface area contributed by atoms with Crippen LogP contribution < -0.4 is 5.43 Å². The second-order valence-corrected chi connectivity index (χ2v) is 1.86. The molecule has 1 aliphatic rings. The fourth-order valence-corrected chi connectivity index (χ4v) is 0.591. The van der Waals surface area contributed by atoms with Gasteiger partial charge in [0.05, 0.1) is 6.54 Å². The van der Waals surface area contributed by atoms with Crippen molar-refractivity contribution in [2.75, 3.05) is 6.54 Å². The molecular formula is C5H7BN2. The van der Waals surface area contributed by atoms with Gasteiger partial charge in [-0.2, -0.15) is 5.10 Å². The quantitative estimate of drug-likeness (QED) is 0.432. The number of hydrazone groups is 1. The first-order valence-electron chi connectivity index (χ1n) is 2.52. The highest BCUT2D eigenvalue weighted by Crippen LogP contribution is 1.93. The first kappa shape index (κ1) is 5.41. The molecule has 3 heteroatoms. The highest BCUT2D eigenvalue weighted by Gasteiger charge is 1.94. The molecule has 0 unspecified atom stereocenters. The molecule has 1 aliphatic heterocycles. The van der Waals surface area contributed by atoms with E-state index in [4.69, 9.17) is 7.85 Å². The molecule has 0 amide bonds. The molecule has 0 aromatic rings. The predicted molar refractivity (Wildman–Crippen MR) is 34.9 cm³/mol. The molecule has 0 saturated carbocycles. The van der Waals surface area contributed by atoms with E-state index in [9.17, 15) is 0 Å². The van der Waals surface area contributed by atoms with E-state index in [2.05, 4.69) is 10.5 Å². The predicted octanol–water partition coefficient (Wildman–Crippen LogP) is 0.0179. The maximum atomic E-state index is 5.34. The van der Waals surface area contributed by atoms with Crippen molar-refractivity contribution in [3.63, 3.8) is 0 Å². The van der Waals surface area contributed by atoms with Gasteiger partial charge in [0.25, 0.3) is 0 Å². The van der Waals surface area contributed by atoms with Crippen LogP contribution in [-0.2, 0) is 0 Å². The monoisotopic (exact) mass is 106 g/mol. The number of nitrogens with zero attached hydrogens (tertiary/aromatic N) is 1. The van der Waals surface area contributed by atoms with E-state index in [1.54, 1.807) is 0 Å². The van der Waals surface area contributed by atoms with Crippen molar-refractivity contribution < 1.29 is 0 Å². The van der Waals surface area contributed by atoms with Crippen LogP contribution in [0.2, 0.25) is 0 Å². The van der Waals surface area contributed by atoms with E-state index < -0.39 is 0 Å². The van der Waals surface area contributed by atoms with E-state index in [-0.39, 0.29) is 0 Å². The molecule has 0 saturated heterocycles. The highest BCUT2D eigenvalue weighted by atomic mass is 15.3. The standard InChI is InChI=1S/C5H7BN2/c1-4-2-5(6)8-7-3-4/h2,7H,3H2,1H3. The van der Waals surface area contributed by atoms with E-state index in [1.807, 2.05) is 13.0 Å². The Bertz CT molecular complexity index is 149. The number of hydrogen-bond acceptors (Lipinski definition) is 2. The molecule has 40 valence electrons. The lowest BCUT2D eigenvalue weighted by molar-refractivity contribution is 0.791. The number of rotatable bonds is 0. The van der Waals surface area contributed by atoms with Crippen LogP contribution >= 0.6 is 0 Å². The van der Waals surface area contributed by atoms with Crippen LogP contribution in [0, 0.1) is 0 Å². The molecule has 8 heavy (non-hydrogen) atoms. The maximum absolute atomic E-state index is 5.34. The van der Waals surface area contributed by atoms with Gasteiger partial charge in [-0.15, -0.1) is 0 Å². The lowest BCUT2D eigenvalue weighted by Crippen LogP contribution is -2.17. The van der Waals surface area contributed by atoms with Crippen LogP contribution in [0.4, 0.5) is 0 Å². The summed E-state index contributed by atoms with van der Waals surface area (Å²) in [5, 5.41) is 3.75. The number of hydrogen-bond donors (Lipinski definition) is 1. The largest absolute Gasteiger partial charge is 0.307 e. The summed E-state index contributed by atoms with van der Waals surface area (Å²) in [6.45, 7) is 2.83. The summed E-state index contributed by atoms with van der Waals surface area (Å²) in [5.41, 5.74) is 4.56. The zero-order valence-electron chi connectivity index (χ0n) is 4.81. The number of nitrogens with one attached hydrogen (secondary N) is 1. The van der Waals surface area contributed by atoms with Gasteiger partial charge in [0.2, 0.25) is 0 Å². The van der Waals surface area contributed by atoms with E-state index in [0.717, 1.165) is 6.54 Å². The first-order chi connectivity index (χ1) is 3.79. The Morgan fingerprint density at radius 1 is 1.88 bits per heavy atom. The summed E-state index contributed by atoms with van der Waals surface area (Å²) >= 11 is 0. The average molecular weight is 106 g/mol. The maximum Gasteiger partial charge on any atom is 0.144 e. The van der Waals surface area contributed by atoms with Crippen LogP contribution in [0.5, 0.6) is 0 Å². The van der Waals surface area contributed by atoms with Crippen molar-refractivity contribution >= 4 is 13.5 Å². The fraction of sp³-hybridized carbons (Fsp3) is 0.400. The van der Waals surface area contributed by atoms with Crippen molar-refractivity contribution in [2.24, 2.45) is 5.10 Å². The van der Waals surface area contributed by atoms with Crippen molar-refractivity contribution in [1.29, 1.82) is 0 Å². The molecule has 0 aromatic heterocycles. The Labute approximate surface area is 50.1 Å². The topological polar surface area (TPSA) is 24.4 Å². The summed E-state index contributed by atoms with van der Waals surface area (Å²) in [4.78, 5) is 0. The van der Waals surface area contributed by atoms with Gasteiger partial charge in [-0.05, 0) is 13.0 Å². The van der Waals surface area contributed by atoms with Crippen molar-refractivity contribution in [3.8, 4) is 0 Å². The lowest BCUT2D eigenvalue weighted by Gasteiger charge is -2.07. The molecule has 0 aliphatic carbocycles. The third-order valence-electron chi connectivity index (χ3n) is 0.960. The van der Waals surface area contributed by atoms with Gasteiger partial charge >= 0.3 is 0 Å². The summed E-state index contributed by atoms with van der Waals surface area (Å²) < 4.78 is 0. The Kier molecular flexibility index (Phi) is 1.37. The second kappa shape index (κ2) is 2.03. The lowest BCUT2D eigenvalue weighted by atomic mass is 9.98. The van der Waals surface area contributed by atoms with Crippen LogP contribution in [0.25, 0.3) is 0 Å². The van der Waals surface area contributed by atoms with E-state index in [0.29, 0.717) is 5.61 Å². The van der Waals surface area contributed by atoms with E-state index in [1.165, 1.54) is 5.57 Å². The van der Waals surface area contributed by atoms with Gasteiger partial charge in [0.1, 0.15) is 7.85 Å². The summed E-state index contributed by atoms with van der Waals surface area (Å²) in [6.07, 6.45) is 1.86. The zero-order valence-corrected chi connectivity index (χ0v) is 4.81. The summed E-state index contributed by atoms with van der Waals surface area (Å²) in [7, 11) is 5.34. The van der Waals surface area contributed by atoms with E-state index >= 15 is 0 Å². The minimum atomic E-state index is 0.564. The molecule has 0 aromatic carbocycles. The van der Waals surface area contributed by atoms with Crippen molar-refractivity contribution in [3.05, 3.63) is 11.6 Å². The normalized spacial score (nSPS) is 18.6. The Morgan fingerprint density at radius 2 is 2.62 bits per heavy atom.